The molecular formula is C13H16O. The third kappa shape index (κ3) is 1.92. The molecule has 0 aliphatic heterocycles. The van der Waals surface area contributed by atoms with E-state index in [2.05, 4.69) is 19.6 Å². The summed E-state index contributed by atoms with van der Waals surface area (Å²) in [7, 11) is 0. The molecule has 0 atom stereocenters. The smallest absolute Gasteiger partial charge is 0.160 e. The molecule has 74 valence electrons. The van der Waals surface area contributed by atoms with Gasteiger partial charge in [-0.3, -0.25) is 4.79 Å². The summed E-state index contributed by atoms with van der Waals surface area (Å²) in [4.78, 5) is 11.3. The summed E-state index contributed by atoms with van der Waals surface area (Å²) in [5.41, 5.74) is 4.18. The Labute approximate surface area is 85.5 Å². The molecule has 0 aliphatic rings. The van der Waals surface area contributed by atoms with Crippen LogP contribution in [0.3, 0.4) is 0 Å². The summed E-state index contributed by atoms with van der Waals surface area (Å²) in [5, 5.41) is 0. The van der Waals surface area contributed by atoms with Crippen molar-refractivity contribution in [3.63, 3.8) is 0 Å². The molecule has 0 bridgehead atoms. The number of carbonyl (C=O) groups is 1. The van der Waals surface area contributed by atoms with Crippen LogP contribution in [-0.2, 0) is 6.42 Å². The third-order valence-electron chi connectivity index (χ3n) is 2.49. The third-order valence-corrected chi connectivity index (χ3v) is 2.49. The normalized spacial score (nSPS) is 9.93. The Hall–Kier alpha value is -1.37. The summed E-state index contributed by atoms with van der Waals surface area (Å²) in [6, 6.07) is 4.01. The monoisotopic (exact) mass is 188 g/mol. The lowest BCUT2D eigenvalue weighted by molar-refractivity contribution is 0.101. The average molecular weight is 188 g/mol. The van der Waals surface area contributed by atoms with Crippen LogP contribution in [0.15, 0.2) is 18.7 Å². The second-order valence-electron chi connectivity index (χ2n) is 3.48. The number of rotatable bonds is 3. The number of aryl methyl sites for hydroxylation is 2. The lowest BCUT2D eigenvalue weighted by Crippen LogP contribution is -1.99. The van der Waals surface area contributed by atoms with Gasteiger partial charge in [-0.05, 0) is 43.0 Å². The Bertz CT molecular complexity index is 375. The van der Waals surface area contributed by atoms with E-state index in [9.17, 15) is 4.79 Å². The van der Waals surface area contributed by atoms with Crippen molar-refractivity contribution >= 4 is 11.9 Å². The fourth-order valence-corrected chi connectivity index (χ4v) is 1.63. The van der Waals surface area contributed by atoms with Gasteiger partial charge in [0.2, 0.25) is 0 Å². The van der Waals surface area contributed by atoms with Crippen LogP contribution in [-0.4, -0.2) is 5.78 Å². The summed E-state index contributed by atoms with van der Waals surface area (Å²) in [6.07, 6.45) is 2.74. The van der Waals surface area contributed by atoms with Gasteiger partial charge in [-0.1, -0.05) is 25.6 Å². The number of ketones is 1. The molecule has 0 radical (unpaired) electrons. The average Bonchev–Trinajstić information content (AvgIpc) is 2.17. The number of Topliss-reactive ketones (excluding diaryl/α,β-unsaturated/α-hetero) is 1. The highest BCUT2D eigenvalue weighted by Gasteiger charge is 2.07. The lowest BCUT2D eigenvalue weighted by Gasteiger charge is -2.08. The van der Waals surface area contributed by atoms with Gasteiger partial charge < -0.3 is 0 Å². The zero-order valence-corrected chi connectivity index (χ0v) is 9.05. The van der Waals surface area contributed by atoms with E-state index in [1.54, 1.807) is 13.0 Å². The van der Waals surface area contributed by atoms with Gasteiger partial charge in [0.15, 0.2) is 5.78 Å². The maximum atomic E-state index is 11.3. The Kier molecular flexibility index (Phi) is 3.23. The highest BCUT2D eigenvalue weighted by atomic mass is 16.1. The quantitative estimate of drug-likeness (QED) is 0.664. The van der Waals surface area contributed by atoms with Crippen LogP contribution in [0.1, 0.15) is 40.9 Å². The summed E-state index contributed by atoms with van der Waals surface area (Å²) in [6.45, 7) is 9.47. The molecule has 0 aliphatic carbocycles. The predicted molar refractivity (Wildman–Crippen MR) is 60.7 cm³/mol. The molecule has 0 fully saturated rings. The van der Waals surface area contributed by atoms with E-state index < -0.39 is 0 Å². The maximum absolute atomic E-state index is 11.3. The molecule has 0 spiro atoms. The van der Waals surface area contributed by atoms with E-state index >= 15 is 0 Å². The number of hydrogen-bond donors (Lipinski definition) is 0. The largest absolute Gasteiger partial charge is 0.294 e. The van der Waals surface area contributed by atoms with Crippen LogP contribution in [0.5, 0.6) is 0 Å². The molecule has 1 heteroatoms. The van der Waals surface area contributed by atoms with E-state index in [1.165, 1.54) is 11.1 Å². The fourth-order valence-electron chi connectivity index (χ4n) is 1.63. The molecule has 0 heterocycles. The van der Waals surface area contributed by atoms with Crippen molar-refractivity contribution in [2.24, 2.45) is 0 Å². The van der Waals surface area contributed by atoms with Gasteiger partial charge in [0.1, 0.15) is 0 Å². The van der Waals surface area contributed by atoms with Crippen LogP contribution in [0.4, 0.5) is 0 Å². The van der Waals surface area contributed by atoms with E-state index in [0.29, 0.717) is 0 Å². The fraction of sp³-hybridized carbons (Fsp3) is 0.308. The first-order valence-electron chi connectivity index (χ1n) is 4.87. The lowest BCUT2D eigenvalue weighted by atomic mass is 9.96. The first-order valence-corrected chi connectivity index (χ1v) is 4.87. The van der Waals surface area contributed by atoms with Crippen molar-refractivity contribution < 1.29 is 4.79 Å². The van der Waals surface area contributed by atoms with Crippen LogP contribution >= 0.6 is 0 Å². The van der Waals surface area contributed by atoms with Gasteiger partial charge >= 0.3 is 0 Å². The van der Waals surface area contributed by atoms with Gasteiger partial charge in [-0.25, -0.2) is 0 Å². The Morgan fingerprint density at radius 2 is 2.14 bits per heavy atom. The second kappa shape index (κ2) is 4.23. The minimum Gasteiger partial charge on any atom is -0.294 e. The van der Waals surface area contributed by atoms with Gasteiger partial charge in [0.05, 0.1) is 0 Å². The summed E-state index contributed by atoms with van der Waals surface area (Å²) < 4.78 is 0. The highest BCUT2D eigenvalue weighted by Crippen LogP contribution is 2.18. The number of hydrogen-bond acceptors (Lipinski definition) is 1. The first kappa shape index (κ1) is 10.7. The van der Waals surface area contributed by atoms with Crippen molar-refractivity contribution in [3.05, 3.63) is 41.0 Å². The van der Waals surface area contributed by atoms with Crippen molar-refractivity contribution in [2.75, 3.05) is 0 Å². The molecule has 0 saturated heterocycles. The second-order valence-corrected chi connectivity index (χ2v) is 3.48. The van der Waals surface area contributed by atoms with E-state index in [1.807, 2.05) is 13.0 Å². The standard InChI is InChI=1S/C13H16O/c1-5-11-8-12(6-2)13(10(4)14)7-9(11)3/h6-8H,2,5H2,1,3-4H3. The molecular weight excluding hydrogens is 172 g/mol. The van der Waals surface area contributed by atoms with E-state index in [4.69, 9.17) is 0 Å². The molecule has 0 unspecified atom stereocenters. The maximum Gasteiger partial charge on any atom is 0.160 e. The minimum absolute atomic E-state index is 0.102. The van der Waals surface area contributed by atoms with Crippen molar-refractivity contribution in [1.82, 2.24) is 0 Å². The molecule has 14 heavy (non-hydrogen) atoms. The zero-order valence-electron chi connectivity index (χ0n) is 9.05. The number of carbonyl (C=O) groups excluding carboxylic acids is 1. The van der Waals surface area contributed by atoms with Gasteiger partial charge in [0.25, 0.3) is 0 Å². The van der Waals surface area contributed by atoms with Gasteiger partial charge in [-0.2, -0.15) is 0 Å². The SMILES string of the molecule is C=Cc1cc(CC)c(C)cc1C(C)=O. The molecule has 1 rings (SSSR count). The Balaban J connectivity index is 3.38. The number of benzene rings is 1. The first-order chi connectivity index (χ1) is 6.60. The van der Waals surface area contributed by atoms with Crippen LogP contribution in [0.2, 0.25) is 0 Å². The minimum atomic E-state index is 0.102. The predicted octanol–water partition coefficient (Wildman–Crippen LogP) is 3.40. The molecule has 0 saturated carbocycles. The Morgan fingerprint density at radius 1 is 1.50 bits per heavy atom. The Morgan fingerprint density at radius 3 is 2.57 bits per heavy atom. The molecule has 0 amide bonds. The molecule has 1 aromatic carbocycles. The molecule has 0 aromatic heterocycles. The highest BCUT2D eigenvalue weighted by molar-refractivity contribution is 5.97. The summed E-state index contributed by atoms with van der Waals surface area (Å²) in [5.74, 6) is 0.102. The van der Waals surface area contributed by atoms with Gasteiger partial charge in [0, 0.05) is 5.56 Å². The van der Waals surface area contributed by atoms with Crippen LogP contribution < -0.4 is 0 Å². The van der Waals surface area contributed by atoms with Crippen molar-refractivity contribution in [1.29, 1.82) is 0 Å². The van der Waals surface area contributed by atoms with E-state index in [0.717, 1.165) is 17.5 Å². The topological polar surface area (TPSA) is 17.1 Å². The van der Waals surface area contributed by atoms with Crippen molar-refractivity contribution in [2.45, 2.75) is 27.2 Å². The molecule has 0 N–H and O–H groups in total. The van der Waals surface area contributed by atoms with Crippen molar-refractivity contribution in [3.8, 4) is 0 Å². The molecule has 1 nitrogen and oxygen atoms in total. The van der Waals surface area contributed by atoms with E-state index in [-0.39, 0.29) is 5.78 Å². The van der Waals surface area contributed by atoms with Crippen LogP contribution in [0.25, 0.3) is 6.08 Å². The zero-order chi connectivity index (χ0) is 10.7. The van der Waals surface area contributed by atoms with Gasteiger partial charge in [-0.15, -0.1) is 0 Å². The molecule has 1 aromatic rings. The summed E-state index contributed by atoms with van der Waals surface area (Å²) >= 11 is 0. The van der Waals surface area contributed by atoms with Crippen LogP contribution in [0, 0.1) is 6.92 Å².